The van der Waals surface area contributed by atoms with Crippen LogP contribution < -0.4 is 10.5 Å². The van der Waals surface area contributed by atoms with Gasteiger partial charge in [0.15, 0.2) is 11.5 Å². The summed E-state index contributed by atoms with van der Waals surface area (Å²) in [5, 5.41) is 10.6. The van der Waals surface area contributed by atoms with Gasteiger partial charge in [-0.2, -0.15) is 8.78 Å². The molecule has 8 heteroatoms. The van der Waals surface area contributed by atoms with Crippen molar-refractivity contribution in [2.24, 2.45) is 0 Å². The zero-order valence-corrected chi connectivity index (χ0v) is 8.65. The molecule has 0 aromatic heterocycles. The molecule has 0 saturated heterocycles. The van der Waals surface area contributed by atoms with E-state index in [1.54, 1.807) is 0 Å². The van der Waals surface area contributed by atoms with Gasteiger partial charge in [0.25, 0.3) is 5.69 Å². The second kappa shape index (κ2) is 4.73. The van der Waals surface area contributed by atoms with Gasteiger partial charge in [-0.1, -0.05) is 0 Å². The third-order valence-electron chi connectivity index (χ3n) is 1.92. The van der Waals surface area contributed by atoms with Crippen LogP contribution in [0.5, 0.6) is 5.75 Å². The number of hydrogen-bond donors (Lipinski definition) is 1. The van der Waals surface area contributed by atoms with Crippen molar-refractivity contribution >= 4 is 17.2 Å². The Kier molecular flexibility index (Phi) is 3.56. The highest BCUT2D eigenvalue weighted by Gasteiger charge is 2.22. The molecule has 6 nitrogen and oxygen atoms in total. The molecule has 0 aliphatic heterocycles. The standard InChI is InChI=1S/C9H8F2N2O4/c1-4(14)5-2-6(12)8(17-9(10)11)3-7(5)13(15)16/h2-3,9H,12H2,1H3. The lowest BCUT2D eigenvalue weighted by molar-refractivity contribution is -0.385. The first-order chi connectivity index (χ1) is 7.82. The number of alkyl halides is 2. The minimum Gasteiger partial charge on any atom is -0.432 e. The van der Waals surface area contributed by atoms with Gasteiger partial charge in [0.1, 0.15) is 0 Å². The zero-order valence-electron chi connectivity index (χ0n) is 8.65. The van der Waals surface area contributed by atoms with Crippen LogP contribution in [-0.2, 0) is 0 Å². The van der Waals surface area contributed by atoms with Crippen molar-refractivity contribution in [1.29, 1.82) is 0 Å². The Morgan fingerprint density at radius 3 is 2.53 bits per heavy atom. The lowest BCUT2D eigenvalue weighted by Gasteiger charge is -2.08. The summed E-state index contributed by atoms with van der Waals surface area (Å²) in [6.07, 6.45) is 0. The van der Waals surface area contributed by atoms with E-state index in [0.29, 0.717) is 6.07 Å². The number of nitrogens with zero attached hydrogens (tertiary/aromatic N) is 1. The molecular weight excluding hydrogens is 238 g/mol. The average Bonchev–Trinajstić information content (AvgIpc) is 2.19. The smallest absolute Gasteiger partial charge is 0.387 e. The first kappa shape index (κ1) is 12.8. The minimum absolute atomic E-state index is 0.255. The number of carbonyl (C=O) groups excluding carboxylic acids is 1. The number of carbonyl (C=O) groups is 1. The molecule has 0 aliphatic rings. The number of ketones is 1. The highest BCUT2D eigenvalue weighted by Crippen LogP contribution is 2.32. The number of ether oxygens (including phenoxy) is 1. The molecule has 0 unspecified atom stereocenters. The van der Waals surface area contributed by atoms with Gasteiger partial charge in [0.2, 0.25) is 0 Å². The molecule has 92 valence electrons. The predicted octanol–water partition coefficient (Wildman–Crippen LogP) is 1.98. The molecule has 0 atom stereocenters. The first-order valence-electron chi connectivity index (χ1n) is 4.36. The van der Waals surface area contributed by atoms with Gasteiger partial charge >= 0.3 is 6.61 Å². The molecule has 1 aromatic carbocycles. The number of anilines is 1. The molecule has 0 radical (unpaired) electrons. The molecule has 1 rings (SSSR count). The van der Waals surface area contributed by atoms with Gasteiger partial charge in [0, 0.05) is 0 Å². The maximum absolute atomic E-state index is 12.0. The van der Waals surface area contributed by atoms with Gasteiger partial charge in [-0.25, -0.2) is 0 Å². The van der Waals surface area contributed by atoms with Crippen molar-refractivity contribution in [3.8, 4) is 5.75 Å². The molecule has 0 bridgehead atoms. The number of nitro groups is 1. The van der Waals surface area contributed by atoms with Crippen molar-refractivity contribution < 1.29 is 23.2 Å². The molecule has 2 N–H and O–H groups in total. The van der Waals surface area contributed by atoms with Crippen molar-refractivity contribution in [1.82, 2.24) is 0 Å². The summed E-state index contributed by atoms with van der Waals surface area (Å²) >= 11 is 0. The number of hydrogen-bond acceptors (Lipinski definition) is 5. The molecule has 1 aromatic rings. The van der Waals surface area contributed by atoms with E-state index in [2.05, 4.69) is 4.74 Å². The lowest BCUT2D eigenvalue weighted by atomic mass is 10.1. The average molecular weight is 246 g/mol. The van der Waals surface area contributed by atoms with Crippen LogP contribution in [0.4, 0.5) is 20.2 Å². The predicted molar refractivity (Wildman–Crippen MR) is 54.1 cm³/mol. The largest absolute Gasteiger partial charge is 0.432 e. The Morgan fingerprint density at radius 1 is 1.53 bits per heavy atom. The summed E-state index contributed by atoms with van der Waals surface area (Å²) in [6.45, 7) is -2.05. The van der Waals surface area contributed by atoms with Gasteiger partial charge < -0.3 is 10.5 Å². The summed E-state index contributed by atoms with van der Waals surface area (Å²) < 4.78 is 28.0. The number of nitrogens with two attached hydrogens (primary N) is 1. The maximum atomic E-state index is 12.0. The Morgan fingerprint density at radius 2 is 2.12 bits per heavy atom. The van der Waals surface area contributed by atoms with Crippen LogP contribution in [0.25, 0.3) is 0 Å². The van der Waals surface area contributed by atoms with E-state index >= 15 is 0 Å². The molecular formula is C9H8F2N2O4. The van der Waals surface area contributed by atoms with E-state index in [-0.39, 0.29) is 11.3 Å². The first-order valence-corrected chi connectivity index (χ1v) is 4.36. The Balaban J connectivity index is 3.34. The van der Waals surface area contributed by atoms with Crippen molar-refractivity contribution in [3.63, 3.8) is 0 Å². The molecule has 17 heavy (non-hydrogen) atoms. The highest BCUT2D eigenvalue weighted by molar-refractivity contribution is 5.99. The van der Waals surface area contributed by atoms with Crippen molar-refractivity contribution in [2.75, 3.05) is 5.73 Å². The Hall–Kier alpha value is -2.25. The molecule has 0 aliphatic carbocycles. The van der Waals surface area contributed by atoms with Gasteiger partial charge in [-0.15, -0.1) is 0 Å². The number of rotatable bonds is 4. The number of nitro benzene ring substituents is 1. The zero-order chi connectivity index (χ0) is 13.2. The van der Waals surface area contributed by atoms with Crippen LogP contribution in [0.15, 0.2) is 12.1 Å². The quantitative estimate of drug-likeness (QED) is 0.379. The number of Topliss-reactive ketones (excluding diaryl/α,β-unsaturated/α-hetero) is 1. The summed E-state index contributed by atoms with van der Waals surface area (Å²) in [7, 11) is 0. The SMILES string of the molecule is CC(=O)c1cc(N)c(OC(F)F)cc1[N+](=O)[O-]. The van der Waals surface area contributed by atoms with E-state index in [9.17, 15) is 23.7 Å². The normalized spacial score (nSPS) is 10.4. The lowest BCUT2D eigenvalue weighted by Crippen LogP contribution is -2.07. The summed E-state index contributed by atoms with van der Waals surface area (Å²) in [5.41, 5.74) is 4.20. The molecule has 0 fully saturated rings. The highest BCUT2D eigenvalue weighted by atomic mass is 19.3. The number of halogens is 2. The van der Waals surface area contributed by atoms with Gasteiger partial charge in [-0.3, -0.25) is 14.9 Å². The maximum Gasteiger partial charge on any atom is 0.387 e. The molecule has 0 spiro atoms. The molecule has 0 amide bonds. The fourth-order valence-corrected chi connectivity index (χ4v) is 1.22. The molecule has 0 heterocycles. The monoisotopic (exact) mass is 246 g/mol. The van der Waals surface area contributed by atoms with E-state index in [0.717, 1.165) is 13.0 Å². The summed E-state index contributed by atoms with van der Waals surface area (Å²) in [4.78, 5) is 20.9. The molecule has 0 saturated carbocycles. The summed E-state index contributed by atoms with van der Waals surface area (Å²) in [6, 6.07) is 1.65. The fourth-order valence-electron chi connectivity index (χ4n) is 1.22. The van der Waals surface area contributed by atoms with Crippen LogP contribution in [0.3, 0.4) is 0 Å². The number of benzene rings is 1. The fraction of sp³-hybridized carbons (Fsp3) is 0.222. The summed E-state index contributed by atoms with van der Waals surface area (Å²) in [5.74, 6) is -1.12. The minimum atomic E-state index is -3.15. The van der Waals surface area contributed by atoms with E-state index < -0.39 is 28.8 Å². The van der Waals surface area contributed by atoms with E-state index in [1.807, 2.05) is 0 Å². The van der Waals surface area contributed by atoms with Gasteiger partial charge in [0.05, 0.1) is 22.2 Å². The second-order valence-electron chi connectivity index (χ2n) is 3.10. The van der Waals surface area contributed by atoms with Crippen LogP contribution in [0.1, 0.15) is 17.3 Å². The van der Waals surface area contributed by atoms with Crippen molar-refractivity contribution in [3.05, 3.63) is 27.8 Å². The Bertz CT molecular complexity index is 476. The van der Waals surface area contributed by atoms with Crippen LogP contribution in [-0.4, -0.2) is 17.3 Å². The van der Waals surface area contributed by atoms with Crippen LogP contribution in [0, 0.1) is 10.1 Å². The second-order valence-corrected chi connectivity index (χ2v) is 3.10. The van der Waals surface area contributed by atoms with E-state index in [4.69, 9.17) is 5.73 Å². The van der Waals surface area contributed by atoms with E-state index in [1.165, 1.54) is 0 Å². The topological polar surface area (TPSA) is 95.5 Å². The van der Waals surface area contributed by atoms with Crippen molar-refractivity contribution in [2.45, 2.75) is 13.5 Å². The third-order valence-corrected chi connectivity index (χ3v) is 1.92. The third kappa shape index (κ3) is 2.86. The van der Waals surface area contributed by atoms with Crippen LogP contribution in [0.2, 0.25) is 0 Å². The Labute approximate surface area is 94.1 Å². The van der Waals surface area contributed by atoms with Crippen LogP contribution >= 0.6 is 0 Å². The number of nitrogen functional groups attached to an aromatic ring is 1. The van der Waals surface area contributed by atoms with Gasteiger partial charge in [-0.05, 0) is 13.0 Å².